The molecule has 0 aliphatic carbocycles. The third-order valence-electron chi connectivity index (χ3n) is 5.41. The number of nitrogens with zero attached hydrogens (tertiary/aromatic N) is 2. The molecule has 2 aromatic carbocycles. The standard InChI is InChI=1S/C22H29N3O2/c1-17(19-6-4-3-5-7-19)16-23-22(27)18(2)24-12-14-25(15-13-24)20-8-10-21(26)11-9-20/h3-11,17-18,26H,12-16H2,1-2H3,(H,23,27). The molecule has 2 unspecified atom stereocenters. The molecular formula is C22H29N3O2. The number of benzene rings is 2. The van der Waals surface area contributed by atoms with Crippen molar-refractivity contribution in [1.82, 2.24) is 10.2 Å². The van der Waals surface area contributed by atoms with Gasteiger partial charge in [-0.1, -0.05) is 37.3 Å². The zero-order valence-corrected chi connectivity index (χ0v) is 16.1. The number of aromatic hydroxyl groups is 1. The molecule has 1 aliphatic rings. The second-order valence-corrected chi connectivity index (χ2v) is 7.27. The molecule has 1 amide bonds. The maximum absolute atomic E-state index is 12.6. The monoisotopic (exact) mass is 367 g/mol. The molecule has 2 atom stereocenters. The van der Waals surface area contributed by atoms with Crippen molar-refractivity contribution in [2.45, 2.75) is 25.8 Å². The molecule has 1 saturated heterocycles. The van der Waals surface area contributed by atoms with E-state index in [1.165, 1.54) is 5.56 Å². The van der Waals surface area contributed by atoms with Gasteiger partial charge in [0.2, 0.25) is 5.91 Å². The van der Waals surface area contributed by atoms with Crippen molar-refractivity contribution >= 4 is 11.6 Å². The van der Waals surface area contributed by atoms with Crippen LogP contribution in [0.3, 0.4) is 0 Å². The second-order valence-electron chi connectivity index (χ2n) is 7.27. The SMILES string of the molecule is CC(CNC(=O)C(C)N1CCN(c2ccc(O)cc2)CC1)c1ccccc1. The van der Waals surface area contributed by atoms with Crippen molar-refractivity contribution in [3.63, 3.8) is 0 Å². The Balaban J connectivity index is 1.46. The summed E-state index contributed by atoms with van der Waals surface area (Å²) in [5.74, 6) is 0.678. The van der Waals surface area contributed by atoms with E-state index < -0.39 is 0 Å². The quantitative estimate of drug-likeness (QED) is 0.824. The number of nitrogens with one attached hydrogen (secondary N) is 1. The molecule has 0 bridgehead atoms. The highest BCUT2D eigenvalue weighted by Crippen LogP contribution is 2.20. The molecule has 1 heterocycles. The number of carbonyl (C=O) groups is 1. The molecule has 3 rings (SSSR count). The molecule has 0 aromatic heterocycles. The van der Waals surface area contributed by atoms with Crippen LogP contribution >= 0.6 is 0 Å². The van der Waals surface area contributed by atoms with Crippen LogP contribution in [0.5, 0.6) is 5.75 Å². The van der Waals surface area contributed by atoms with Crippen LogP contribution in [0.1, 0.15) is 25.3 Å². The van der Waals surface area contributed by atoms with Crippen LogP contribution in [0.15, 0.2) is 54.6 Å². The molecule has 5 heteroatoms. The predicted molar refractivity (Wildman–Crippen MR) is 109 cm³/mol. The van der Waals surface area contributed by atoms with Crippen molar-refractivity contribution in [3.8, 4) is 5.75 Å². The van der Waals surface area contributed by atoms with Gasteiger partial charge >= 0.3 is 0 Å². The third-order valence-corrected chi connectivity index (χ3v) is 5.41. The van der Waals surface area contributed by atoms with Crippen molar-refractivity contribution < 1.29 is 9.90 Å². The summed E-state index contributed by atoms with van der Waals surface area (Å²) >= 11 is 0. The first-order valence-electron chi connectivity index (χ1n) is 9.65. The van der Waals surface area contributed by atoms with Gasteiger partial charge in [-0.05, 0) is 42.7 Å². The maximum Gasteiger partial charge on any atom is 0.237 e. The molecule has 1 fully saturated rings. The van der Waals surface area contributed by atoms with Crippen molar-refractivity contribution in [3.05, 3.63) is 60.2 Å². The molecule has 27 heavy (non-hydrogen) atoms. The summed E-state index contributed by atoms with van der Waals surface area (Å²) in [7, 11) is 0. The van der Waals surface area contributed by atoms with E-state index in [1.54, 1.807) is 12.1 Å². The zero-order chi connectivity index (χ0) is 19.2. The first kappa shape index (κ1) is 19.2. The lowest BCUT2D eigenvalue weighted by Gasteiger charge is -2.38. The lowest BCUT2D eigenvalue weighted by Crippen LogP contribution is -2.54. The largest absolute Gasteiger partial charge is 0.508 e. The Morgan fingerprint density at radius 2 is 1.63 bits per heavy atom. The van der Waals surface area contributed by atoms with Crippen LogP contribution < -0.4 is 10.2 Å². The summed E-state index contributed by atoms with van der Waals surface area (Å²) in [6.45, 7) is 8.23. The first-order chi connectivity index (χ1) is 13.0. The van der Waals surface area contributed by atoms with Crippen LogP contribution in [-0.2, 0) is 4.79 Å². The van der Waals surface area contributed by atoms with Gasteiger partial charge in [-0.2, -0.15) is 0 Å². The highest BCUT2D eigenvalue weighted by atomic mass is 16.3. The second kappa shape index (κ2) is 8.91. The van der Waals surface area contributed by atoms with E-state index in [1.807, 2.05) is 37.3 Å². The van der Waals surface area contributed by atoms with E-state index >= 15 is 0 Å². The van der Waals surface area contributed by atoms with Crippen LogP contribution in [0, 0.1) is 0 Å². The molecule has 5 nitrogen and oxygen atoms in total. The number of hydrogen-bond donors (Lipinski definition) is 2. The average Bonchev–Trinajstić information content (AvgIpc) is 2.72. The van der Waals surface area contributed by atoms with Crippen molar-refractivity contribution in [2.24, 2.45) is 0 Å². The number of piperazine rings is 1. The zero-order valence-electron chi connectivity index (χ0n) is 16.1. The molecule has 2 aromatic rings. The highest BCUT2D eigenvalue weighted by molar-refractivity contribution is 5.81. The summed E-state index contributed by atoms with van der Waals surface area (Å²) in [5, 5.41) is 12.5. The fourth-order valence-electron chi connectivity index (χ4n) is 3.50. The number of anilines is 1. The number of rotatable bonds is 6. The van der Waals surface area contributed by atoms with E-state index in [2.05, 4.69) is 34.2 Å². The van der Waals surface area contributed by atoms with E-state index in [4.69, 9.17) is 0 Å². The summed E-state index contributed by atoms with van der Waals surface area (Å²) < 4.78 is 0. The van der Waals surface area contributed by atoms with Gasteiger partial charge < -0.3 is 15.3 Å². The average molecular weight is 367 g/mol. The Kier molecular flexibility index (Phi) is 6.35. The minimum atomic E-state index is -0.130. The third kappa shape index (κ3) is 5.01. The number of carbonyl (C=O) groups excluding carboxylic acids is 1. The normalized spacial score (nSPS) is 17.3. The van der Waals surface area contributed by atoms with Crippen LogP contribution in [-0.4, -0.2) is 54.7 Å². The smallest absolute Gasteiger partial charge is 0.237 e. The summed E-state index contributed by atoms with van der Waals surface area (Å²) in [6.07, 6.45) is 0. The van der Waals surface area contributed by atoms with Crippen LogP contribution in [0.25, 0.3) is 0 Å². The van der Waals surface area contributed by atoms with Gasteiger partial charge in [-0.25, -0.2) is 0 Å². The lowest BCUT2D eigenvalue weighted by molar-refractivity contribution is -0.126. The van der Waals surface area contributed by atoms with Crippen molar-refractivity contribution in [2.75, 3.05) is 37.6 Å². The highest BCUT2D eigenvalue weighted by Gasteiger charge is 2.25. The maximum atomic E-state index is 12.6. The van der Waals surface area contributed by atoms with Gasteiger partial charge in [0.15, 0.2) is 0 Å². The fraction of sp³-hybridized carbons (Fsp3) is 0.409. The Hall–Kier alpha value is -2.53. The lowest BCUT2D eigenvalue weighted by atomic mass is 10.0. The summed E-state index contributed by atoms with van der Waals surface area (Å²) in [4.78, 5) is 17.1. The van der Waals surface area contributed by atoms with Gasteiger partial charge in [-0.3, -0.25) is 9.69 Å². The fourth-order valence-corrected chi connectivity index (χ4v) is 3.50. The first-order valence-corrected chi connectivity index (χ1v) is 9.65. The van der Waals surface area contributed by atoms with E-state index in [0.29, 0.717) is 12.5 Å². The Labute approximate surface area is 161 Å². The molecular weight excluding hydrogens is 338 g/mol. The minimum absolute atomic E-state index is 0.0934. The molecule has 0 spiro atoms. The number of phenols is 1. The predicted octanol–water partition coefficient (Wildman–Crippen LogP) is 2.82. The number of phenolic OH excluding ortho intramolecular Hbond substituents is 1. The molecule has 0 radical (unpaired) electrons. The summed E-state index contributed by atoms with van der Waals surface area (Å²) in [6, 6.07) is 17.4. The Morgan fingerprint density at radius 1 is 1.00 bits per heavy atom. The van der Waals surface area contributed by atoms with Crippen LogP contribution in [0.4, 0.5) is 5.69 Å². The molecule has 144 valence electrons. The molecule has 1 aliphatic heterocycles. The number of amides is 1. The topological polar surface area (TPSA) is 55.8 Å². The van der Waals surface area contributed by atoms with E-state index in [0.717, 1.165) is 31.9 Å². The van der Waals surface area contributed by atoms with Gasteiger partial charge in [0.1, 0.15) is 5.75 Å². The van der Waals surface area contributed by atoms with Crippen LogP contribution in [0.2, 0.25) is 0 Å². The van der Waals surface area contributed by atoms with Crippen molar-refractivity contribution in [1.29, 1.82) is 0 Å². The minimum Gasteiger partial charge on any atom is -0.508 e. The van der Waals surface area contributed by atoms with E-state index in [9.17, 15) is 9.90 Å². The Bertz CT molecular complexity index is 725. The number of hydrogen-bond acceptors (Lipinski definition) is 4. The molecule has 2 N–H and O–H groups in total. The van der Waals surface area contributed by atoms with Gasteiger partial charge in [0.05, 0.1) is 6.04 Å². The van der Waals surface area contributed by atoms with Gasteiger partial charge in [0, 0.05) is 38.4 Å². The molecule has 0 saturated carbocycles. The Morgan fingerprint density at radius 3 is 2.26 bits per heavy atom. The van der Waals surface area contributed by atoms with Gasteiger partial charge in [-0.15, -0.1) is 0 Å². The summed E-state index contributed by atoms with van der Waals surface area (Å²) in [5.41, 5.74) is 2.36. The van der Waals surface area contributed by atoms with E-state index in [-0.39, 0.29) is 17.7 Å². The van der Waals surface area contributed by atoms with Gasteiger partial charge in [0.25, 0.3) is 0 Å².